The second-order valence-electron chi connectivity index (χ2n) is 2.91. The Morgan fingerprint density at radius 3 is 2.41 bits per heavy atom. The number of urea groups is 1. The van der Waals surface area contributed by atoms with Crippen molar-refractivity contribution < 1.29 is 23.9 Å². The van der Waals surface area contributed by atoms with Crippen molar-refractivity contribution in [3.63, 3.8) is 0 Å². The number of nitrogens with one attached hydrogen (secondary N) is 3. The molecule has 96 valence electrons. The Labute approximate surface area is 98.3 Å². The molecule has 0 aliphatic rings. The quantitative estimate of drug-likeness (QED) is 0.272. The first kappa shape index (κ1) is 14.8. The van der Waals surface area contributed by atoms with Crippen LogP contribution in [0.2, 0.25) is 0 Å². The van der Waals surface area contributed by atoms with Crippen molar-refractivity contribution in [2.24, 2.45) is 0 Å². The molecule has 3 amide bonds. The summed E-state index contributed by atoms with van der Waals surface area (Å²) in [5, 5.41) is 2.33. The maximum absolute atomic E-state index is 11.0. The summed E-state index contributed by atoms with van der Waals surface area (Å²) >= 11 is 0. The standard InChI is InChI=1S/C9H15N3O5/c1-6(2)7(13)17-5-4-10-8(14)11-12-9(15)16-3/h1,4-5H2,2-3H3,(H,12,15)(H2,10,11,14). The van der Waals surface area contributed by atoms with Crippen LogP contribution in [0.15, 0.2) is 12.2 Å². The Balaban J connectivity index is 3.55. The lowest BCUT2D eigenvalue weighted by Gasteiger charge is -2.08. The normalized spacial score (nSPS) is 8.82. The molecule has 8 heteroatoms. The van der Waals surface area contributed by atoms with Crippen LogP contribution in [0.5, 0.6) is 0 Å². The molecule has 0 aromatic heterocycles. The van der Waals surface area contributed by atoms with Crippen LogP contribution in [-0.2, 0) is 14.3 Å². The zero-order valence-electron chi connectivity index (χ0n) is 9.66. The fourth-order valence-electron chi connectivity index (χ4n) is 0.635. The molecule has 0 fully saturated rings. The third-order valence-corrected chi connectivity index (χ3v) is 1.43. The van der Waals surface area contributed by atoms with Gasteiger partial charge in [0.1, 0.15) is 6.61 Å². The Kier molecular flexibility index (Phi) is 6.91. The van der Waals surface area contributed by atoms with Crippen molar-refractivity contribution in [1.82, 2.24) is 16.2 Å². The zero-order chi connectivity index (χ0) is 13.3. The molecule has 8 nitrogen and oxygen atoms in total. The summed E-state index contributed by atoms with van der Waals surface area (Å²) in [5.74, 6) is -0.528. The topological polar surface area (TPSA) is 106 Å². The number of ether oxygens (including phenoxy) is 2. The van der Waals surface area contributed by atoms with Gasteiger partial charge in [-0.1, -0.05) is 6.58 Å². The highest BCUT2D eigenvalue weighted by atomic mass is 16.5. The first-order chi connectivity index (χ1) is 7.97. The van der Waals surface area contributed by atoms with E-state index in [0.717, 1.165) is 7.11 Å². The molecule has 0 atom stereocenters. The third-order valence-electron chi connectivity index (χ3n) is 1.43. The molecule has 0 bridgehead atoms. The lowest BCUT2D eigenvalue weighted by Crippen LogP contribution is -2.47. The minimum absolute atomic E-state index is 0.0112. The second-order valence-corrected chi connectivity index (χ2v) is 2.91. The molecule has 17 heavy (non-hydrogen) atoms. The van der Waals surface area contributed by atoms with Gasteiger partial charge in [0.2, 0.25) is 0 Å². The van der Waals surface area contributed by atoms with E-state index in [1.807, 2.05) is 10.9 Å². The number of rotatable bonds is 4. The molecule has 0 rings (SSSR count). The summed E-state index contributed by atoms with van der Waals surface area (Å²) < 4.78 is 8.92. The smallest absolute Gasteiger partial charge is 0.425 e. The van der Waals surface area contributed by atoms with Crippen LogP contribution in [0.4, 0.5) is 9.59 Å². The van der Waals surface area contributed by atoms with Crippen LogP contribution in [0.1, 0.15) is 6.92 Å². The number of hydrogen-bond acceptors (Lipinski definition) is 5. The lowest BCUT2D eigenvalue weighted by atomic mass is 10.4. The van der Waals surface area contributed by atoms with E-state index in [4.69, 9.17) is 4.74 Å². The van der Waals surface area contributed by atoms with Crippen molar-refractivity contribution >= 4 is 18.1 Å². The predicted molar refractivity (Wildman–Crippen MR) is 57.8 cm³/mol. The highest BCUT2D eigenvalue weighted by molar-refractivity contribution is 5.86. The van der Waals surface area contributed by atoms with Gasteiger partial charge in [-0.2, -0.15) is 0 Å². The average molecular weight is 245 g/mol. The zero-order valence-corrected chi connectivity index (χ0v) is 9.66. The number of hydrazine groups is 1. The molecular formula is C9H15N3O5. The Morgan fingerprint density at radius 2 is 1.88 bits per heavy atom. The molecule has 0 aliphatic carbocycles. The number of esters is 1. The summed E-state index contributed by atoms with van der Waals surface area (Å²) in [6.07, 6.45) is -0.797. The number of carbonyl (C=O) groups excluding carboxylic acids is 3. The Hall–Kier alpha value is -2.25. The van der Waals surface area contributed by atoms with Gasteiger partial charge in [-0.25, -0.2) is 25.2 Å². The minimum atomic E-state index is -0.797. The largest absolute Gasteiger partial charge is 0.460 e. The molecule has 0 aliphatic heterocycles. The van der Waals surface area contributed by atoms with E-state index in [-0.39, 0.29) is 18.7 Å². The number of amides is 3. The van der Waals surface area contributed by atoms with Crippen molar-refractivity contribution in [2.75, 3.05) is 20.3 Å². The first-order valence-corrected chi connectivity index (χ1v) is 4.67. The van der Waals surface area contributed by atoms with Crippen LogP contribution < -0.4 is 16.2 Å². The molecule has 0 radical (unpaired) electrons. The van der Waals surface area contributed by atoms with Crippen LogP contribution >= 0.6 is 0 Å². The Bertz CT molecular complexity index is 316. The van der Waals surface area contributed by atoms with Crippen molar-refractivity contribution in [2.45, 2.75) is 6.92 Å². The monoisotopic (exact) mass is 245 g/mol. The van der Waals surface area contributed by atoms with Crippen LogP contribution in [0.25, 0.3) is 0 Å². The van der Waals surface area contributed by atoms with Crippen LogP contribution in [0, 0.1) is 0 Å². The summed E-state index contributed by atoms with van der Waals surface area (Å²) in [7, 11) is 1.16. The molecule has 0 aromatic carbocycles. The van der Waals surface area contributed by atoms with Crippen LogP contribution in [-0.4, -0.2) is 38.4 Å². The van der Waals surface area contributed by atoms with Crippen molar-refractivity contribution in [3.8, 4) is 0 Å². The summed E-state index contributed by atoms with van der Waals surface area (Å²) in [5.41, 5.74) is 4.25. The average Bonchev–Trinajstić information content (AvgIpc) is 2.30. The van der Waals surface area contributed by atoms with Gasteiger partial charge < -0.3 is 14.8 Å². The predicted octanol–water partition coefficient (Wildman–Crippen LogP) is -0.324. The fourth-order valence-corrected chi connectivity index (χ4v) is 0.635. The SMILES string of the molecule is C=C(C)C(=O)OCCNC(=O)NNC(=O)OC. The molecule has 0 spiro atoms. The second kappa shape index (κ2) is 7.97. The van der Waals surface area contributed by atoms with E-state index in [9.17, 15) is 14.4 Å². The van der Waals surface area contributed by atoms with E-state index < -0.39 is 18.1 Å². The van der Waals surface area contributed by atoms with Crippen molar-refractivity contribution in [1.29, 1.82) is 0 Å². The van der Waals surface area contributed by atoms with E-state index in [1.165, 1.54) is 6.92 Å². The number of hydrogen-bond donors (Lipinski definition) is 3. The van der Waals surface area contributed by atoms with Gasteiger partial charge in [-0.15, -0.1) is 0 Å². The van der Waals surface area contributed by atoms with Gasteiger partial charge in [0.05, 0.1) is 13.7 Å². The van der Waals surface area contributed by atoms with Crippen LogP contribution in [0.3, 0.4) is 0 Å². The molecule has 0 saturated heterocycles. The highest BCUT2D eigenvalue weighted by Crippen LogP contribution is 1.90. The summed E-state index contributed by atoms with van der Waals surface area (Å²) in [4.78, 5) is 32.5. The van der Waals surface area contributed by atoms with Crippen molar-refractivity contribution in [3.05, 3.63) is 12.2 Å². The lowest BCUT2D eigenvalue weighted by molar-refractivity contribution is -0.138. The van der Waals surface area contributed by atoms with Gasteiger partial charge in [0, 0.05) is 5.57 Å². The minimum Gasteiger partial charge on any atom is -0.460 e. The molecular weight excluding hydrogens is 230 g/mol. The number of carbonyl (C=O) groups is 3. The van der Waals surface area contributed by atoms with E-state index in [1.54, 1.807) is 0 Å². The third kappa shape index (κ3) is 7.65. The van der Waals surface area contributed by atoms with Gasteiger partial charge in [0.25, 0.3) is 0 Å². The Morgan fingerprint density at radius 1 is 1.24 bits per heavy atom. The van der Waals surface area contributed by atoms with Gasteiger partial charge >= 0.3 is 18.1 Å². The molecule has 0 unspecified atom stereocenters. The summed E-state index contributed by atoms with van der Waals surface area (Å²) in [6, 6.07) is -0.651. The van der Waals surface area contributed by atoms with Gasteiger partial charge in [0.15, 0.2) is 0 Å². The first-order valence-electron chi connectivity index (χ1n) is 4.67. The maximum atomic E-state index is 11.0. The number of methoxy groups -OCH3 is 1. The van der Waals surface area contributed by atoms with E-state index in [2.05, 4.69) is 16.6 Å². The fraction of sp³-hybridized carbons (Fsp3) is 0.444. The molecule has 0 aromatic rings. The van der Waals surface area contributed by atoms with Gasteiger partial charge in [-0.05, 0) is 6.92 Å². The summed E-state index contributed by atoms with van der Waals surface area (Å²) in [6.45, 7) is 5.02. The van der Waals surface area contributed by atoms with E-state index >= 15 is 0 Å². The maximum Gasteiger partial charge on any atom is 0.425 e. The molecule has 3 N–H and O–H groups in total. The highest BCUT2D eigenvalue weighted by Gasteiger charge is 2.04. The van der Waals surface area contributed by atoms with E-state index in [0.29, 0.717) is 0 Å². The van der Waals surface area contributed by atoms with Gasteiger partial charge in [-0.3, -0.25) is 0 Å². The molecule has 0 heterocycles. The molecule has 0 saturated carbocycles.